The van der Waals surface area contributed by atoms with Crippen molar-refractivity contribution >= 4 is 21.4 Å². The van der Waals surface area contributed by atoms with Crippen molar-refractivity contribution in [3.05, 3.63) is 22.7 Å². The van der Waals surface area contributed by atoms with E-state index in [2.05, 4.69) is 0 Å². The maximum absolute atomic E-state index is 11.5. The molecule has 0 bridgehead atoms. The SMILES string of the molecule is COc1cc(CC(C)N)cc(Cl)c1OC1CCS(=O)(=O)C1. The summed E-state index contributed by atoms with van der Waals surface area (Å²) in [6, 6.07) is 3.62. The Hall–Kier alpha value is -0.980. The third kappa shape index (κ3) is 4.25. The van der Waals surface area contributed by atoms with Gasteiger partial charge < -0.3 is 15.2 Å². The zero-order chi connectivity index (χ0) is 15.6. The Morgan fingerprint density at radius 1 is 1.48 bits per heavy atom. The first kappa shape index (κ1) is 16.4. The van der Waals surface area contributed by atoms with Crippen LogP contribution in [0, 0.1) is 0 Å². The third-order valence-corrected chi connectivity index (χ3v) is 5.34. The zero-order valence-corrected chi connectivity index (χ0v) is 13.7. The highest BCUT2D eigenvalue weighted by molar-refractivity contribution is 7.91. The van der Waals surface area contributed by atoms with E-state index in [1.807, 2.05) is 13.0 Å². The van der Waals surface area contributed by atoms with Gasteiger partial charge in [0.1, 0.15) is 6.10 Å². The molecule has 5 nitrogen and oxygen atoms in total. The smallest absolute Gasteiger partial charge is 0.180 e. The number of benzene rings is 1. The number of nitrogens with two attached hydrogens (primary N) is 1. The molecule has 1 heterocycles. The Morgan fingerprint density at radius 2 is 2.19 bits per heavy atom. The van der Waals surface area contributed by atoms with Gasteiger partial charge in [-0.2, -0.15) is 0 Å². The van der Waals surface area contributed by atoms with Crippen LogP contribution in [-0.2, 0) is 16.3 Å². The number of hydrogen-bond donors (Lipinski definition) is 1. The zero-order valence-electron chi connectivity index (χ0n) is 12.1. The molecular weight excluding hydrogens is 314 g/mol. The van der Waals surface area contributed by atoms with Crippen LogP contribution < -0.4 is 15.2 Å². The van der Waals surface area contributed by atoms with E-state index in [1.54, 1.807) is 6.07 Å². The molecule has 1 aliphatic rings. The molecule has 2 unspecified atom stereocenters. The quantitative estimate of drug-likeness (QED) is 0.889. The molecule has 0 aromatic heterocycles. The molecule has 0 saturated carbocycles. The van der Waals surface area contributed by atoms with Crippen LogP contribution in [0.15, 0.2) is 12.1 Å². The second kappa shape index (κ2) is 6.42. The highest BCUT2D eigenvalue weighted by Gasteiger charge is 2.30. The van der Waals surface area contributed by atoms with Gasteiger partial charge in [0, 0.05) is 6.04 Å². The minimum absolute atomic E-state index is 0.0116. The standard InChI is InChI=1S/C14H20ClNO4S/c1-9(16)5-10-6-12(15)14(13(7-10)19-2)20-11-3-4-21(17,18)8-11/h6-7,9,11H,3-5,8,16H2,1-2H3. The first-order valence-electron chi connectivity index (χ1n) is 6.80. The van der Waals surface area contributed by atoms with E-state index in [1.165, 1.54) is 7.11 Å². The summed E-state index contributed by atoms with van der Waals surface area (Å²) in [5.74, 6) is 1.08. The van der Waals surface area contributed by atoms with Gasteiger partial charge in [-0.25, -0.2) is 8.42 Å². The van der Waals surface area contributed by atoms with Crippen LogP contribution in [0.3, 0.4) is 0 Å². The average Bonchev–Trinajstić information content (AvgIpc) is 2.71. The minimum atomic E-state index is -3.00. The molecular formula is C14H20ClNO4S. The second-order valence-electron chi connectivity index (χ2n) is 5.43. The number of sulfone groups is 1. The Morgan fingerprint density at radius 3 is 2.71 bits per heavy atom. The summed E-state index contributed by atoms with van der Waals surface area (Å²) in [6.07, 6.45) is 0.776. The number of hydrogen-bond acceptors (Lipinski definition) is 5. The van der Waals surface area contributed by atoms with Crippen LogP contribution in [0.4, 0.5) is 0 Å². The highest BCUT2D eigenvalue weighted by Crippen LogP contribution is 2.38. The summed E-state index contributed by atoms with van der Waals surface area (Å²) < 4.78 is 34.0. The van der Waals surface area contributed by atoms with Crippen molar-refractivity contribution in [3.8, 4) is 11.5 Å². The first-order chi connectivity index (χ1) is 9.80. The van der Waals surface area contributed by atoms with E-state index in [4.69, 9.17) is 26.8 Å². The summed E-state index contributed by atoms with van der Waals surface area (Å²) in [5, 5.41) is 0.411. The molecule has 2 atom stereocenters. The molecule has 1 aliphatic heterocycles. The third-order valence-electron chi connectivity index (χ3n) is 3.32. The topological polar surface area (TPSA) is 78.6 Å². The summed E-state index contributed by atoms with van der Waals surface area (Å²) in [7, 11) is -1.47. The number of halogens is 1. The monoisotopic (exact) mass is 333 g/mol. The second-order valence-corrected chi connectivity index (χ2v) is 8.07. The summed E-state index contributed by atoms with van der Waals surface area (Å²) in [4.78, 5) is 0. The molecule has 1 saturated heterocycles. The fourth-order valence-corrected chi connectivity index (χ4v) is 4.27. The van der Waals surface area contributed by atoms with Crippen molar-refractivity contribution in [2.75, 3.05) is 18.6 Å². The van der Waals surface area contributed by atoms with Gasteiger partial charge in [-0.05, 0) is 37.5 Å². The molecule has 0 amide bonds. The highest BCUT2D eigenvalue weighted by atomic mass is 35.5. The van der Waals surface area contributed by atoms with E-state index >= 15 is 0 Å². The van der Waals surface area contributed by atoms with Crippen LogP contribution in [0.2, 0.25) is 5.02 Å². The Kier molecular flexibility index (Phi) is 5.01. The lowest BCUT2D eigenvalue weighted by atomic mass is 10.1. The average molecular weight is 334 g/mol. The van der Waals surface area contributed by atoms with Gasteiger partial charge in [0.05, 0.1) is 23.6 Å². The maximum Gasteiger partial charge on any atom is 0.180 e. The fourth-order valence-electron chi connectivity index (χ4n) is 2.40. The van der Waals surface area contributed by atoms with E-state index in [9.17, 15) is 8.42 Å². The van der Waals surface area contributed by atoms with Gasteiger partial charge >= 0.3 is 0 Å². The normalized spacial score (nSPS) is 22.0. The Balaban J connectivity index is 2.23. The van der Waals surface area contributed by atoms with Crippen molar-refractivity contribution in [1.82, 2.24) is 0 Å². The lowest BCUT2D eigenvalue weighted by Gasteiger charge is -2.18. The predicted octanol–water partition coefficient (Wildman–Crippen LogP) is 1.80. The van der Waals surface area contributed by atoms with Crippen molar-refractivity contribution in [1.29, 1.82) is 0 Å². The molecule has 0 radical (unpaired) electrons. The van der Waals surface area contributed by atoms with Gasteiger partial charge in [0.25, 0.3) is 0 Å². The number of rotatable bonds is 5. The molecule has 1 aromatic carbocycles. The molecule has 21 heavy (non-hydrogen) atoms. The van der Waals surface area contributed by atoms with Crippen molar-refractivity contribution in [2.24, 2.45) is 5.73 Å². The first-order valence-corrected chi connectivity index (χ1v) is 8.99. The lowest BCUT2D eigenvalue weighted by Crippen LogP contribution is -2.19. The molecule has 1 fully saturated rings. The van der Waals surface area contributed by atoms with Crippen LogP contribution in [0.25, 0.3) is 0 Å². The van der Waals surface area contributed by atoms with Gasteiger partial charge in [-0.3, -0.25) is 0 Å². The number of methoxy groups -OCH3 is 1. The van der Waals surface area contributed by atoms with Gasteiger partial charge in [0.2, 0.25) is 0 Å². The molecule has 0 aliphatic carbocycles. The number of ether oxygens (including phenoxy) is 2. The van der Waals surface area contributed by atoms with Crippen LogP contribution >= 0.6 is 11.6 Å². The predicted molar refractivity (Wildman–Crippen MR) is 83.0 cm³/mol. The van der Waals surface area contributed by atoms with Crippen LogP contribution in [-0.4, -0.2) is 39.2 Å². The Labute approximate surface area is 130 Å². The van der Waals surface area contributed by atoms with E-state index < -0.39 is 9.84 Å². The van der Waals surface area contributed by atoms with Crippen LogP contribution in [0.1, 0.15) is 18.9 Å². The van der Waals surface area contributed by atoms with Crippen molar-refractivity contribution in [2.45, 2.75) is 31.9 Å². The summed E-state index contributed by atoms with van der Waals surface area (Å²) in [6.45, 7) is 1.91. The van der Waals surface area contributed by atoms with Crippen LogP contribution in [0.5, 0.6) is 11.5 Å². The van der Waals surface area contributed by atoms with E-state index in [-0.39, 0.29) is 23.7 Å². The van der Waals surface area contributed by atoms with Gasteiger partial charge in [-0.15, -0.1) is 0 Å². The van der Waals surface area contributed by atoms with Gasteiger partial charge in [0.15, 0.2) is 21.3 Å². The lowest BCUT2D eigenvalue weighted by molar-refractivity contribution is 0.218. The maximum atomic E-state index is 11.5. The molecule has 0 spiro atoms. The molecule has 118 valence electrons. The molecule has 1 aromatic rings. The Bertz CT molecular complexity index is 616. The summed E-state index contributed by atoms with van der Waals surface area (Å²) in [5.41, 5.74) is 6.74. The molecule has 2 rings (SSSR count). The molecule has 2 N–H and O–H groups in total. The summed E-state index contributed by atoms with van der Waals surface area (Å²) >= 11 is 6.25. The van der Waals surface area contributed by atoms with Gasteiger partial charge in [-0.1, -0.05) is 11.6 Å². The van der Waals surface area contributed by atoms with Crippen molar-refractivity contribution < 1.29 is 17.9 Å². The van der Waals surface area contributed by atoms with Crippen molar-refractivity contribution in [3.63, 3.8) is 0 Å². The largest absolute Gasteiger partial charge is 0.493 e. The van der Waals surface area contributed by atoms with E-state index in [0.717, 1.165) is 5.56 Å². The molecule has 7 heteroatoms. The van der Waals surface area contributed by atoms with E-state index in [0.29, 0.717) is 29.4 Å². The fraction of sp³-hybridized carbons (Fsp3) is 0.571. The minimum Gasteiger partial charge on any atom is -0.493 e.